The minimum atomic E-state index is -0.915. The molecule has 0 saturated heterocycles. The van der Waals surface area contributed by atoms with Gasteiger partial charge in [-0.15, -0.1) is 0 Å². The van der Waals surface area contributed by atoms with Gasteiger partial charge in [-0.25, -0.2) is 0 Å². The third-order valence-electron chi connectivity index (χ3n) is 2.19. The second-order valence-electron chi connectivity index (χ2n) is 4.14. The van der Waals surface area contributed by atoms with Crippen LogP contribution in [0.4, 0.5) is 0 Å². The van der Waals surface area contributed by atoms with Crippen molar-refractivity contribution in [1.82, 2.24) is 5.32 Å². The standard InChI is InChI=1S/C12H17BrClNO2/c1-3-15-7-12(2,16)8-17-11-6-9(13)4-5-10(11)14/h4-6,15-16H,3,7-8H2,1-2H3. The summed E-state index contributed by atoms with van der Waals surface area (Å²) in [7, 11) is 0. The molecule has 5 heteroatoms. The summed E-state index contributed by atoms with van der Waals surface area (Å²) < 4.78 is 6.42. The van der Waals surface area contributed by atoms with Gasteiger partial charge in [0.15, 0.2) is 0 Å². The molecule has 0 fully saturated rings. The lowest BCUT2D eigenvalue weighted by molar-refractivity contribution is 0.0127. The van der Waals surface area contributed by atoms with Gasteiger partial charge in [-0.2, -0.15) is 0 Å². The summed E-state index contributed by atoms with van der Waals surface area (Å²) in [6.45, 7) is 5.20. The highest BCUT2D eigenvalue weighted by Crippen LogP contribution is 2.28. The van der Waals surface area contributed by atoms with Crippen LogP contribution in [0, 0.1) is 0 Å². The van der Waals surface area contributed by atoms with E-state index < -0.39 is 5.60 Å². The molecule has 3 nitrogen and oxygen atoms in total. The van der Waals surface area contributed by atoms with Crippen LogP contribution >= 0.6 is 27.5 Å². The lowest BCUT2D eigenvalue weighted by Gasteiger charge is -2.24. The van der Waals surface area contributed by atoms with Crippen molar-refractivity contribution in [2.45, 2.75) is 19.4 Å². The van der Waals surface area contributed by atoms with E-state index in [1.807, 2.05) is 13.0 Å². The van der Waals surface area contributed by atoms with E-state index in [0.29, 0.717) is 17.3 Å². The molecule has 1 rings (SSSR count). The quantitative estimate of drug-likeness (QED) is 0.846. The van der Waals surface area contributed by atoms with Crippen LogP contribution in [0.1, 0.15) is 13.8 Å². The highest BCUT2D eigenvalue weighted by atomic mass is 79.9. The van der Waals surface area contributed by atoms with Gasteiger partial charge in [0.2, 0.25) is 0 Å². The molecule has 1 unspecified atom stereocenters. The Hall–Kier alpha value is -0.290. The van der Waals surface area contributed by atoms with Gasteiger partial charge in [-0.05, 0) is 31.7 Å². The lowest BCUT2D eigenvalue weighted by atomic mass is 10.1. The van der Waals surface area contributed by atoms with Crippen LogP contribution in [0.2, 0.25) is 5.02 Å². The number of halogens is 2. The number of nitrogens with one attached hydrogen (secondary N) is 1. The highest BCUT2D eigenvalue weighted by molar-refractivity contribution is 9.10. The fraction of sp³-hybridized carbons (Fsp3) is 0.500. The SMILES string of the molecule is CCNCC(C)(O)COc1cc(Br)ccc1Cl. The fourth-order valence-corrected chi connectivity index (χ4v) is 1.78. The van der Waals surface area contributed by atoms with Crippen molar-refractivity contribution in [3.8, 4) is 5.75 Å². The third kappa shape index (κ3) is 5.25. The Kier molecular flexibility index (Phi) is 5.73. The van der Waals surface area contributed by atoms with E-state index in [2.05, 4.69) is 21.2 Å². The van der Waals surface area contributed by atoms with E-state index in [-0.39, 0.29) is 6.61 Å². The molecule has 17 heavy (non-hydrogen) atoms. The molecular formula is C12H17BrClNO2. The van der Waals surface area contributed by atoms with Crippen molar-refractivity contribution >= 4 is 27.5 Å². The molecule has 0 heterocycles. The minimum Gasteiger partial charge on any atom is -0.489 e. The summed E-state index contributed by atoms with van der Waals surface area (Å²) >= 11 is 9.33. The first-order valence-corrected chi connectivity index (χ1v) is 6.62. The number of benzene rings is 1. The predicted octanol–water partition coefficient (Wildman–Crippen LogP) is 2.84. The Morgan fingerprint density at radius 2 is 2.24 bits per heavy atom. The van der Waals surface area contributed by atoms with Gasteiger partial charge in [0, 0.05) is 11.0 Å². The molecule has 0 amide bonds. The second kappa shape index (κ2) is 6.59. The summed E-state index contributed by atoms with van der Waals surface area (Å²) in [5.74, 6) is 0.567. The summed E-state index contributed by atoms with van der Waals surface area (Å²) in [6.07, 6.45) is 0. The maximum atomic E-state index is 10.0. The van der Waals surface area contributed by atoms with E-state index in [4.69, 9.17) is 16.3 Å². The average molecular weight is 323 g/mol. The van der Waals surface area contributed by atoms with E-state index in [0.717, 1.165) is 11.0 Å². The Labute approximate surface area is 115 Å². The molecule has 2 N–H and O–H groups in total. The van der Waals surface area contributed by atoms with Crippen LogP contribution < -0.4 is 10.1 Å². The Balaban J connectivity index is 2.57. The van der Waals surface area contributed by atoms with Crippen LogP contribution in [0.15, 0.2) is 22.7 Å². The van der Waals surface area contributed by atoms with Crippen LogP contribution in [0.5, 0.6) is 5.75 Å². The first-order chi connectivity index (χ1) is 7.94. The Morgan fingerprint density at radius 3 is 2.88 bits per heavy atom. The molecule has 0 bridgehead atoms. The zero-order valence-corrected chi connectivity index (χ0v) is 12.3. The molecule has 1 aromatic carbocycles. The number of hydrogen-bond acceptors (Lipinski definition) is 3. The monoisotopic (exact) mass is 321 g/mol. The van der Waals surface area contributed by atoms with Crippen molar-refractivity contribution in [3.05, 3.63) is 27.7 Å². The molecule has 1 atom stereocenters. The smallest absolute Gasteiger partial charge is 0.139 e. The van der Waals surface area contributed by atoms with E-state index in [1.165, 1.54) is 0 Å². The summed E-state index contributed by atoms with van der Waals surface area (Å²) in [4.78, 5) is 0. The zero-order chi connectivity index (χ0) is 12.9. The van der Waals surface area contributed by atoms with Gasteiger partial charge in [0.05, 0.1) is 5.02 Å². The van der Waals surface area contributed by atoms with E-state index in [9.17, 15) is 5.11 Å². The Bertz CT molecular complexity index is 372. The molecule has 0 aromatic heterocycles. The van der Waals surface area contributed by atoms with Gasteiger partial charge < -0.3 is 15.2 Å². The molecule has 0 aliphatic carbocycles. The van der Waals surface area contributed by atoms with Crippen LogP contribution in [0.25, 0.3) is 0 Å². The second-order valence-corrected chi connectivity index (χ2v) is 5.46. The zero-order valence-electron chi connectivity index (χ0n) is 9.96. The Morgan fingerprint density at radius 1 is 1.53 bits per heavy atom. The largest absolute Gasteiger partial charge is 0.489 e. The van der Waals surface area contributed by atoms with Gasteiger partial charge in [0.1, 0.15) is 18.0 Å². The van der Waals surface area contributed by atoms with Crippen molar-refractivity contribution in [2.75, 3.05) is 19.7 Å². The number of hydrogen-bond donors (Lipinski definition) is 2. The molecule has 96 valence electrons. The predicted molar refractivity (Wildman–Crippen MR) is 73.8 cm³/mol. The maximum Gasteiger partial charge on any atom is 0.139 e. The van der Waals surface area contributed by atoms with Gasteiger partial charge >= 0.3 is 0 Å². The van der Waals surface area contributed by atoms with Gasteiger partial charge in [0.25, 0.3) is 0 Å². The number of rotatable bonds is 6. The van der Waals surface area contributed by atoms with Crippen molar-refractivity contribution in [3.63, 3.8) is 0 Å². The molecule has 0 aliphatic heterocycles. The lowest BCUT2D eigenvalue weighted by Crippen LogP contribution is -2.42. The van der Waals surface area contributed by atoms with E-state index >= 15 is 0 Å². The molecule has 0 saturated carbocycles. The third-order valence-corrected chi connectivity index (χ3v) is 2.99. The molecule has 1 aromatic rings. The first kappa shape index (κ1) is 14.8. The van der Waals surface area contributed by atoms with Crippen molar-refractivity contribution in [2.24, 2.45) is 0 Å². The summed E-state index contributed by atoms with van der Waals surface area (Å²) in [5, 5.41) is 13.6. The number of likely N-dealkylation sites (N-methyl/N-ethyl adjacent to an activating group) is 1. The molecular weight excluding hydrogens is 305 g/mol. The normalized spacial score (nSPS) is 14.4. The average Bonchev–Trinajstić information content (AvgIpc) is 2.28. The molecule has 0 aliphatic rings. The summed E-state index contributed by atoms with van der Waals surface area (Å²) in [6, 6.07) is 5.37. The van der Waals surface area contributed by atoms with Gasteiger partial charge in [-0.3, -0.25) is 0 Å². The first-order valence-electron chi connectivity index (χ1n) is 5.45. The summed E-state index contributed by atoms with van der Waals surface area (Å²) in [5.41, 5.74) is -0.915. The number of ether oxygens (including phenoxy) is 1. The van der Waals surface area contributed by atoms with Crippen molar-refractivity contribution in [1.29, 1.82) is 0 Å². The minimum absolute atomic E-state index is 0.191. The molecule has 0 radical (unpaired) electrons. The topological polar surface area (TPSA) is 41.5 Å². The number of aliphatic hydroxyl groups is 1. The van der Waals surface area contributed by atoms with Crippen LogP contribution in [0.3, 0.4) is 0 Å². The van der Waals surface area contributed by atoms with Crippen molar-refractivity contribution < 1.29 is 9.84 Å². The van der Waals surface area contributed by atoms with Gasteiger partial charge in [-0.1, -0.05) is 34.5 Å². The highest BCUT2D eigenvalue weighted by Gasteiger charge is 2.21. The van der Waals surface area contributed by atoms with E-state index in [1.54, 1.807) is 19.1 Å². The van der Waals surface area contributed by atoms with Crippen LogP contribution in [-0.4, -0.2) is 30.4 Å². The fourth-order valence-electron chi connectivity index (χ4n) is 1.27. The molecule has 0 spiro atoms. The maximum absolute atomic E-state index is 10.0. The van der Waals surface area contributed by atoms with Crippen LogP contribution in [-0.2, 0) is 0 Å².